The van der Waals surface area contributed by atoms with E-state index in [1.807, 2.05) is 49.4 Å². The largest absolute Gasteiger partial charge is 0.324 e. The lowest BCUT2D eigenvalue weighted by Gasteiger charge is -2.24. The molecule has 162 valence electrons. The molecule has 7 heteroatoms. The van der Waals surface area contributed by atoms with Crippen LogP contribution in [-0.4, -0.2) is 20.9 Å². The number of carbonyl (C=O) groups excluding carboxylic acids is 1. The first-order valence-corrected chi connectivity index (χ1v) is 11.8. The summed E-state index contributed by atoms with van der Waals surface area (Å²) in [6.45, 7) is 1.49. The summed E-state index contributed by atoms with van der Waals surface area (Å²) in [7, 11) is -4.00. The van der Waals surface area contributed by atoms with Gasteiger partial charge in [-0.25, -0.2) is 8.42 Å². The van der Waals surface area contributed by atoms with Crippen molar-refractivity contribution < 1.29 is 13.2 Å². The molecule has 0 aromatic heterocycles. The minimum atomic E-state index is -4.00. The highest BCUT2D eigenvalue weighted by atomic mass is 35.5. The topological polar surface area (TPSA) is 66.5 Å². The van der Waals surface area contributed by atoms with Crippen molar-refractivity contribution in [1.29, 1.82) is 0 Å². The van der Waals surface area contributed by atoms with Gasteiger partial charge in [-0.2, -0.15) is 0 Å². The van der Waals surface area contributed by atoms with Gasteiger partial charge in [-0.15, -0.1) is 0 Å². The van der Waals surface area contributed by atoms with Crippen LogP contribution in [0.15, 0.2) is 95.9 Å². The molecule has 0 radical (unpaired) electrons. The lowest BCUT2D eigenvalue weighted by atomic mass is 10.1. The second-order valence-corrected chi connectivity index (χ2v) is 9.68. The summed E-state index contributed by atoms with van der Waals surface area (Å²) in [5.74, 6) is -0.444. The minimum Gasteiger partial charge on any atom is -0.324 e. The fourth-order valence-electron chi connectivity index (χ4n) is 3.49. The number of nitrogens with one attached hydrogen (secondary N) is 1. The van der Waals surface area contributed by atoms with Crippen LogP contribution >= 0.6 is 11.6 Å². The van der Waals surface area contributed by atoms with Crippen LogP contribution in [0.2, 0.25) is 5.02 Å². The molecule has 0 heterocycles. The quantitative estimate of drug-likeness (QED) is 0.401. The van der Waals surface area contributed by atoms with E-state index in [1.54, 1.807) is 24.3 Å². The van der Waals surface area contributed by atoms with Crippen LogP contribution in [0.1, 0.15) is 5.56 Å². The van der Waals surface area contributed by atoms with Gasteiger partial charge in [0.1, 0.15) is 6.54 Å². The molecule has 1 N–H and O–H groups in total. The molecule has 0 fully saturated rings. The van der Waals surface area contributed by atoms with Crippen molar-refractivity contribution in [3.8, 4) is 0 Å². The molecule has 0 aliphatic carbocycles. The molecule has 0 saturated carbocycles. The van der Waals surface area contributed by atoms with Crippen LogP contribution in [0.4, 0.5) is 11.4 Å². The van der Waals surface area contributed by atoms with E-state index >= 15 is 0 Å². The maximum Gasteiger partial charge on any atom is 0.264 e. The van der Waals surface area contributed by atoms with Crippen molar-refractivity contribution in [2.45, 2.75) is 11.8 Å². The average molecular weight is 465 g/mol. The normalized spacial score (nSPS) is 11.3. The number of amides is 1. The molecule has 0 bridgehead atoms. The van der Waals surface area contributed by atoms with Gasteiger partial charge in [0.05, 0.1) is 10.6 Å². The summed E-state index contributed by atoms with van der Waals surface area (Å²) in [6, 6.07) is 26.2. The number of sulfonamides is 1. The second-order valence-electron chi connectivity index (χ2n) is 7.38. The first kappa shape index (κ1) is 21.9. The Labute approximate surface area is 192 Å². The first-order valence-electron chi connectivity index (χ1n) is 9.97. The van der Waals surface area contributed by atoms with Gasteiger partial charge in [-0.05, 0) is 60.3 Å². The van der Waals surface area contributed by atoms with Crippen LogP contribution in [0.25, 0.3) is 10.8 Å². The van der Waals surface area contributed by atoms with Crippen molar-refractivity contribution in [3.05, 3.63) is 102 Å². The number of benzene rings is 4. The fraction of sp³-hybridized carbons (Fsp3) is 0.0800. The fourth-order valence-corrected chi connectivity index (χ4v) is 5.03. The van der Waals surface area contributed by atoms with E-state index in [1.165, 1.54) is 24.3 Å². The zero-order chi connectivity index (χ0) is 22.7. The molecule has 0 atom stereocenters. The third-order valence-corrected chi connectivity index (χ3v) is 7.08. The highest BCUT2D eigenvalue weighted by Crippen LogP contribution is 2.27. The Bertz CT molecular complexity index is 1380. The van der Waals surface area contributed by atoms with Crippen LogP contribution < -0.4 is 9.62 Å². The summed E-state index contributed by atoms with van der Waals surface area (Å²) in [5, 5.41) is 5.16. The third-order valence-electron chi connectivity index (χ3n) is 5.04. The first-order chi connectivity index (χ1) is 15.3. The molecular formula is C25H21ClN2O3S. The Morgan fingerprint density at radius 3 is 2.34 bits per heavy atom. The van der Waals surface area contributed by atoms with Crippen molar-refractivity contribution in [3.63, 3.8) is 0 Å². The van der Waals surface area contributed by atoms with E-state index in [4.69, 9.17) is 11.6 Å². The molecule has 5 nitrogen and oxygen atoms in total. The number of hydrogen-bond acceptors (Lipinski definition) is 3. The summed E-state index contributed by atoms with van der Waals surface area (Å²) in [6.07, 6.45) is 0. The van der Waals surface area contributed by atoms with Crippen molar-refractivity contribution in [2.24, 2.45) is 0 Å². The van der Waals surface area contributed by atoms with Gasteiger partial charge in [0.15, 0.2) is 0 Å². The molecule has 4 rings (SSSR count). The lowest BCUT2D eigenvalue weighted by molar-refractivity contribution is -0.114. The number of nitrogens with zero attached hydrogens (tertiary/aromatic N) is 1. The van der Waals surface area contributed by atoms with E-state index in [2.05, 4.69) is 5.32 Å². The van der Waals surface area contributed by atoms with E-state index in [-0.39, 0.29) is 11.4 Å². The van der Waals surface area contributed by atoms with Crippen LogP contribution in [-0.2, 0) is 14.8 Å². The van der Waals surface area contributed by atoms with Crippen molar-refractivity contribution in [2.75, 3.05) is 16.2 Å². The highest BCUT2D eigenvalue weighted by molar-refractivity contribution is 7.92. The van der Waals surface area contributed by atoms with Crippen LogP contribution in [0.3, 0.4) is 0 Å². The molecule has 4 aromatic carbocycles. The average Bonchev–Trinajstić information content (AvgIpc) is 2.78. The molecule has 0 spiro atoms. The maximum absolute atomic E-state index is 13.5. The predicted molar refractivity (Wildman–Crippen MR) is 130 cm³/mol. The summed E-state index contributed by atoms with van der Waals surface area (Å²) >= 11 is 5.93. The summed E-state index contributed by atoms with van der Waals surface area (Å²) < 4.78 is 28.0. The standard InChI is InChI=1S/C25H21ClN2O3S/c1-18-6-4-9-21(16-18)28(32(30,31)22-14-12-20(26)13-15-22)17-25(29)27-24-11-5-8-19-7-2-3-10-23(19)24/h2-16H,17H2,1H3,(H,27,29). The van der Waals surface area contributed by atoms with Gasteiger partial charge >= 0.3 is 0 Å². The van der Waals surface area contributed by atoms with Gasteiger partial charge < -0.3 is 5.32 Å². The number of carbonyl (C=O) groups is 1. The number of rotatable bonds is 6. The molecule has 0 unspecified atom stereocenters. The summed E-state index contributed by atoms with van der Waals surface area (Å²) in [5.41, 5.74) is 1.92. The zero-order valence-electron chi connectivity index (χ0n) is 17.3. The number of hydrogen-bond donors (Lipinski definition) is 1. The zero-order valence-corrected chi connectivity index (χ0v) is 18.9. The maximum atomic E-state index is 13.5. The molecule has 0 aliphatic rings. The SMILES string of the molecule is Cc1cccc(N(CC(=O)Nc2cccc3ccccc23)S(=O)(=O)c2ccc(Cl)cc2)c1. The molecule has 32 heavy (non-hydrogen) atoms. The Morgan fingerprint density at radius 2 is 1.59 bits per heavy atom. The lowest BCUT2D eigenvalue weighted by Crippen LogP contribution is -2.38. The van der Waals surface area contributed by atoms with Gasteiger partial charge in [-0.1, -0.05) is 60.1 Å². The molecule has 4 aromatic rings. The minimum absolute atomic E-state index is 0.0568. The van der Waals surface area contributed by atoms with Crippen LogP contribution in [0.5, 0.6) is 0 Å². The number of aryl methyl sites for hydroxylation is 1. The molecule has 1 amide bonds. The van der Waals surface area contributed by atoms with E-state index in [0.717, 1.165) is 20.6 Å². The number of fused-ring (bicyclic) bond motifs is 1. The van der Waals surface area contributed by atoms with Gasteiger partial charge in [-0.3, -0.25) is 9.10 Å². The molecule has 0 saturated heterocycles. The Hall–Kier alpha value is -3.35. The van der Waals surface area contributed by atoms with E-state index < -0.39 is 15.9 Å². The predicted octanol–water partition coefficient (Wildman–Crippen LogP) is 5.64. The second kappa shape index (κ2) is 9.02. The van der Waals surface area contributed by atoms with E-state index in [0.29, 0.717) is 16.4 Å². The Kier molecular flexibility index (Phi) is 6.17. The Morgan fingerprint density at radius 1 is 0.906 bits per heavy atom. The van der Waals surface area contributed by atoms with Gasteiger partial charge in [0, 0.05) is 16.1 Å². The highest BCUT2D eigenvalue weighted by Gasteiger charge is 2.27. The number of anilines is 2. The van der Waals surface area contributed by atoms with Crippen LogP contribution in [0, 0.1) is 6.92 Å². The molecular weight excluding hydrogens is 444 g/mol. The van der Waals surface area contributed by atoms with Gasteiger partial charge in [0.25, 0.3) is 10.0 Å². The molecule has 0 aliphatic heterocycles. The monoisotopic (exact) mass is 464 g/mol. The van der Waals surface area contributed by atoms with Crippen molar-refractivity contribution >= 4 is 49.7 Å². The smallest absolute Gasteiger partial charge is 0.264 e. The Balaban J connectivity index is 1.69. The van der Waals surface area contributed by atoms with Gasteiger partial charge in [0.2, 0.25) is 5.91 Å². The van der Waals surface area contributed by atoms with E-state index in [9.17, 15) is 13.2 Å². The van der Waals surface area contributed by atoms with Crippen molar-refractivity contribution in [1.82, 2.24) is 0 Å². The number of halogens is 1. The summed E-state index contributed by atoms with van der Waals surface area (Å²) in [4.78, 5) is 13.1. The third kappa shape index (κ3) is 4.61.